The van der Waals surface area contributed by atoms with Crippen LogP contribution in [-0.2, 0) is 16.0 Å². The second-order valence-corrected chi connectivity index (χ2v) is 3.97. The monoisotopic (exact) mass is 221 g/mol. The van der Waals surface area contributed by atoms with E-state index in [2.05, 4.69) is 10.1 Å². The van der Waals surface area contributed by atoms with Crippen LogP contribution in [-0.4, -0.2) is 24.2 Å². The number of ether oxygens (including phenoxy) is 1. The van der Waals surface area contributed by atoms with Crippen LogP contribution < -0.4 is 5.32 Å². The van der Waals surface area contributed by atoms with Crippen molar-refractivity contribution in [3.05, 3.63) is 23.8 Å². The first-order chi connectivity index (χ1) is 7.70. The van der Waals surface area contributed by atoms with Crippen molar-refractivity contribution in [2.45, 2.75) is 25.3 Å². The van der Waals surface area contributed by atoms with Crippen LogP contribution in [0.1, 0.15) is 18.4 Å². The fourth-order valence-electron chi connectivity index (χ4n) is 2.01. The van der Waals surface area contributed by atoms with Crippen molar-refractivity contribution >= 4 is 11.7 Å². The molecule has 1 aromatic rings. The van der Waals surface area contributed by atoms with E-state index in [9.17, 15) is 9.90 Å². The highest BCUT2D eigenvalue weighted by molar-refractivity contribution is 5.72. The third-order valence-corrected chi connectivity index (χ3v) is 2.88. The molecule has 0 aliphatic carbocycles. The molecule has 4 heteroatoms. The molecule has 2 rings (SSSR count). The molecule has 0 saturated heterocycles. The minimum atomic E-state index is -0.226. The molecule has 0 spiro atoms. The van der Waals surface area contributed by atoms with Gasteiger partial charge in [-0.1, -0.05) is 12.1 Å². The van der Waals surface area contributed by atoms with E-state index in [0.717, 1.165) is 24.1 Å². The van der Waals surface area contributed by atoms with E-state index >= 15 is 0 Å². The molecule has 0 aromatic heterocycles. The van der Waals surface area contributed by atoms with Gasteiger partial charge >= 0.3 is 5.97 Å². The molecule has 1 aromatic carbocycles. The van der Waals surface area contributed by atoms with Crippen LogP contribution in [0.4, 0.5) is 5.69 Å². The summed E-state index contributed by atoms with van der Waals surface area (Å²) in [6, 6.07) is 5.51. The average molecular weight is 221 g/mol. The molecule has 16 heavy (non-hydrogen) atoms. The molecule has 1 aliphatic heterocycles. The molecule has 1 atom stereocenters. The Morgan fingerprint density at radius 1 is 1.62 bits per heavy atom. The van der Waals surface area contributed by atoms with Gasteiger partial charge in [0.05, 0.1) is 19.2 Å². The smallest absolute Gasteiger partial charge is 0.307 e. The Hall–Kier alpha value is -1.71. The summed E-state index contributed by atoms with van der Waals surface area (Å²) >= 11 is 0. The maximum absolute atomic E-state index is 11.2. The summed E-state index contributed by atoms with van der Waals surface area (Å²) in [6.07, 6.45) is 2.09. The summed E-state index contributed by atoms with van der Waals surface area (Å²) < 4.78 is 4.63. The molecule has 0 fully saturated rings. The number of rotatable bonds is 2. The van der Waals surface area contributed by atoms with E-state index in [0.29, 0.717) is 6.42 Å². The molecular formula is C12H15NO3. The lowest BCUT2D eigenvalue weighted by Gasteiger charge is -2.26. The fourth-order valence-corrected chi connectivity index (χ4v) is 2.01. The molecule has 86 valence electrons. The molecule has 4 nitrogen and oxygen atoms in total. The Bertz CT molecular complexity index is 403. The Labute approximate surface area is 94.2 Å². The third kappa shape index (κ3) is 2.10. The Balaban J connectivity index is 2.11. The quantitative estimate of drug-likeness (QED) is 0.589. The van der Waals surface area contributed by atoms with Crippen LogP contribution in [0.25, 0.3) is 0 Å². The number of phenolic OH excluding ortho intramolecular Hbond substituents is 1. The molecular weight excluding hydrogens is 206 g/mol. The number of anilines is 1. The van der Waals surface area contributed by atoms with Gasteiger partial charge < -0.3 is 15.2 Å². The fraction of sp³-hybridized carbons (Fsp3) is 0.417. The SMILES string of the molecule is COC(=O)CC1CCc2cccc(O)c2N1. The van der Waals surface area contributed by atoms with Gasteiger partial charge in [-0.15, -0.1) is 0 Å². The van der Waals surface area contributed by atoms with E-state index in [1.165, 1.54) is 7.11 Å². The number of fused-ring (bicyclic) bond motifs is 1. The van der Waals surface area contributed by atoms with Crippen LogP contribution in [0.2, 0.25) is 0 Å². The van der Waals surface area contributed by atoms with E-state index < -0.39 is 0 Å². The highest BCUT2D eigenvalue weighted by atomic mass is 16.5. The van der Waals surface area contributed by atoms with Gasteiger partial charge in [-0.05, 0) is 24.5 Å². The number of nitrogens with one attached hydrogen (secondary N) is 1. The number of phenols is 1. The van der Waals surface area contributed by atoms with Crippen LogP contribution in [0.3, 0.4) is 0 Å². The van der Waals surface area contributed by atoms with Crippen molar-refractivity contribution in [3.8, 4) is 5.75 Å². The zero-order valence-corrected chi connectivity index (χ0v) is 9.19. The lowest BCUT2D eigenvalue weighted by molar-refractivity contribution is -0.140. The number of carbonyl (C=O) groups excluding carboxylic acids is 1. The van der Waals surface area contributed by atoms with Gasteiger partial charge in [-0.25, -0.2) is 0 Å². The number of carbonyl (C=O) groups is 1. The number of methoxy groups -OCH3 is 1. The second kappa shape index (κ2) is 4.43. The second-order valence-electron chi connectivity index (χ2n) is 3.97. The van der Waals surface area contributed by atoms with Crippen molar-refractivity contribution < 1.29 is 14.6 Å². The Morgan fingerprint density at radius 2 is 2.44 bits per heavy atom. The van der Waals surface area contributed by atoms with E-state index in [1.54, 1.807) is 6.07 Å². The summed E-state index contributed by atoms with van der Waals surface area (Å²) in [4.78, 5) is 11.2. The zero-order chi connectivity index (χ0) is 11.5. The maximum Gasteiger partial charge on any atom is 0.307 e. The molecule has 0 radical (unpaired) electrons. The van der Waals surface area contributed by atoms with E-state index in [1.807, 2.05) is 12.1 Å². The Kier molecular flexibility index (Phi) is 2.99. The molecule has 0 amide bonds. The van der Waals surface area contributed by atoms with Crippen molar-refractivity contribution in [2.24, 2.45) is 0 Å². The number of hydrogen-bond acceptors (Lipinski definition) is 4. The lowest BCUT2D eigenvalue weighted by Crippen LogP contribution is -2.28. The number of para-hydroxylation sites is 1. The number of benzene rings is 1. The number of aryl methyl sites for hydroxylation is 1. The first-order valence-corrected chi connectivity index (χ1v) is 5.35. The standard InChI is InChI=1S/C12H15NO3/c1-16-11(15)7-9-6-5-8-3-2-4-10(14)12(8)13-9/h2-4,9,13-14H,5-7H2,1H3. The summed E-state index contributed by atoms with van der Waals surface area (Å²) in [5.74, 6) is 0.0171. The number of aromatic hydroxyl groups is 1. The summed E-state index contributed by atoms with van der Waals surface area (Å²) in [7, 11) is 1.39. The van der Waals surface area contributed by atoms with E-state index in [-0.39, 0.29) is 17.8 Å². The topological polar surface area (TPSA) is 58.6 Å². The molecule has 1 heterocycles. The first kappa shape index (κ1) is 10.8. The Morgan fingerprint density at radius 3 is 3.19 bits per heavy atom. The summed E-state index contributed by atoms with van der Waals surface area (Å²) in [6.45, 7) is 0. The number of esters is 1. The molecule has 1 unspecified atom stereocenters. The van der Waals surface area contributed by atoms with Gasteiger partial charge in [-0.3, -0.25) is 4.79 Å². The van der Waals surface area contributed by atoms with Crippen molar-refractivity contribution in [2.75, 3.05) is 12.4 Å². The van der Waals surface area contributed by atoms with Crippen LogP contribution in [0.15, 0.2) is 18.2 Å². The van der Waals surface area contributed by atoms with E-state index in [4.69, 9.17) is 0 Å². The molecule has 0 saturated carbocycles. The van der Waals surface area contributed by atoms with Gasteiger partial charge in [0.2, 0.25) is 0 Å². The highest BCUT2D eigenvalue weighted by Crippen LogP contribution is 2.33. The largest absolute Gasteiger partial charge is 0.506 e. The molecule has 0 bridgehead atoms. The lowest BCUT2D eigenvalue weighted by atomic mass is 9.96. The minimum absolute atomic E-state index is 0.0493. The predicted molar refractivity (Wildman–Crippen MR) is 60.5 cm³/mol. The predicted octanol–water partition coefficient (Wildman–Crippen LogP) is 1.68. The zero-order valence-electron chi connectivity index (χ0n) is 9.19. The maximum atomic E-state index is 11.2. The van der Waals surface area contributed by atoms with Crippen molar-refractivity contribution in [1.29, 1.82) is 0 Å². The minimum Gasteiger partial charge on any atom is -0.506 e. The number of hydrogen-bond donors (Lipinski definition) is 2. The summed E-state index contributed by atoms with van der Waals surface area (Å²) in [5, 5.41) is 12.9. The first-order valence-electron chi connectivity index (χ1n) is 5.35. The normalized spacial score (nSPS) is 18.4. The van der Waals surface area contributed by atoms with Crippen molar-refractivity contribution in [1.82, 2.24) is 0 Å². The van der Waals surface area contributed by atoms with Gasteiger partial charge in [-0.2, -0.15) is 0 Å². The van der Waals surface area contributed by atoms with Gasteiger partial charge in [0, 0.05) is 6.04 Å². The average Bonchev–Trinajstić information content (AvgIpc) is 2.30. The van der Waals surface area contributed by atoms with Gasteiger partial charge in [0.1, 0.15) is 5.75 Å². The third-order valence-electron chi connectivity index (χ3n) is 2.88. The van der Waals surface area contributed by atoms with Crippen LogP contribution >= 0.6 is 0 Å². The highest BCUT2D eigenvalue weighted by Gasteiger charge is 2.22. The van der Waals surface area contributed by atoms with Crippen LogP contribution in [0.5, 0.6) is 5.75 Å². The van der Waals surface area contributed by atoms with Gasteiger partial charge in [0.15, 0.2) is 0 Å². The summed E-state index contributed by atoms with van der Waals surface area (Å²) in [5.41, 5.74) is 1.85. The molecule has 2 N–H and O–H groups in total. The van der Waals surface area contributed by atoms with Crippen molar-refractivity contribution in [3.63, 3.8) is 0 Å². The van der Waals surface area contributed by atoms with Gasteiger partial charge in [0.25, 0.3) is 0 Å². The molecule has 1 aliphatic rings. The van der Waals surface area contributed by atoms with Crippen LogP contribution in [0, 0.1) is 0 Å².